The highest BCUT2D eigenvalue weighted by molar-refractivity contribution is 7.47. The lowest BCUT2D eigenvalue weighted by Crippen LogP contribution is -2.47. The second-order valence-corrected chi connectivity index (χ2v) is 20.9. The molecule has 10 heteroatoms. The number of ether oxygens (including phenoxy) is 1. The summed E-state index contributed by atoms with van der Waals surface area (Å²) in [5, 5.41) is 3.04. The molecule has 0 bridgehead atoms. The van der Waals surface area contributed by atoms with Gasteiger partial charge in [0, 0.05) is 12.8 Å². The molecule has 0 aliphatic rings. The van der Waals surface area contributed by atoms with Crippen LogP contribution in [0.15, 0.2) is 12.2 Å². The number of nitrogens with zero attached hydrogens (tertiary/aromatic N) is 1. The minimum Gasteiger partial charge on any atom is -0.456 e. The minimum absolute atomic E-state index is 0.0451. The average Bonchev–Trinajstić information content (AvgIpc) is 3.22. The largest absolute Gasteiger partial charge is 0.472 e. The lowest BCUT2D eigenvalue weighted by atomic mass is 10.0. The van der Waals surface area contributed by atoms with Crippen molar-refractivity contribution in [2.75, 3.05) is 40.9 Å². The first-order chi connectivity index (χ1) is 29.9. The number of hydrogen-bond donors (Lipinski definition) is 2. The maximum atomic E-state index is 13.4. The van der Waals surface area contributed by atoms with Gasteiger partial charge in [-0.3, -0.25) is 18.6 Å². The van der Waals surface area contributed by atoms with Crippen molar-refractivity contribution in [1.82, 2.24) is 5.32 Å². The highest BCUT2D eigenvalue weighted by atomic mass is 31.2. The molecule has 0 aromatic heterocycles. The number of carbonyl (C=O) groups excluding carboxylic acids is 2. The Bertz CT molecular complexity index is 1080. The van der Waals surface area contributed by atoms with Crippen molar-refractivity contribution >= 4 is 19.7 Å². The van der Waals surface area contributed by atoms with Crippen molar-refractivity contribution in [1.29, 1.82) is 0 Å². The van der Waals surface area contributed by atoms with Gasteiger partial charge in [0.05, 0.1) is 33.8 Å². The summed E-state index contributed by atoms with van der Waals surface area (Å²) in [6, 6.07) is -0.836. The SMILES string of the molecule is CCCCCCCCCCCC/C=C/C(OC(=O)CCCCCCCCCCCCC)C(COP(=O)(O)OCC[N+](C)(C)C)NC(=O)CCCCCCCCCCCCCCC. The molecular formula is C52H104N2O7P+. The summed E-state index contributed by atoms with van der Waals surface area (Å²) in [6.07, 6.45) is 46.2. The smallest absolute Gasteiger partial charge is 0.456 e. The van der Waals surface area contributed by atoms with Crippen molar-refractivity contribution in [2.45, 2.75) is 270 Å². The van der Waals surface area contributed by atoms with E-state index in [0.29, 0.717) is 23.9 Å². The lowest BCUT2D eigenvalue weighted by Gasteiger charge is -2.27. The van der Waals surface area contributed by atoms with Crippen LogP contribution >= 0.6 is 7.82 Å². The molecule has 9 nitrogen and oxygen atoms in total. The van der Waals surface area contributed by atoms with Gasteiger partial charge in [-0.05, 0) is 31.8 Å². The summed E-state index contributed by atoms with van der Waals surface area (Å²) < 4.78 is 30.5. The first-order valence-corrected chi connectivity index (χ1v) is 28.0. The summed E-state index contributed by atoms with van der Waals surface area (Å²) in [5.74, 6) is -0.494. The zero-order valence-electron chi connectivity index (χ0n) is 41.9. The van der Waals surface area contributed by atoms with Gasteiger partial charge in [0.15, 0.2) is 0 Å². The number of carbonyl (C=O) groups is 2. The van der Waals surface area contributed by atoms with E-state index < -0.39 is 20.0 Å². The standard InChI is InChI=1S/C52H103N2O7P/c1-7-10-13-16-19-22-25-27-30-32-35-38-41-44-51(55)53-49(48-60-62(57,58)59-47-46-54(4,5)6)50(43-40-37-34-31-29-26-23-20-17-14-11-8-2)61-52(56)45-42-39-36-33-28-24-21-18-15-12-9-3/h40,43,49-50H,7-39,41-42,44-48H2,1-6H3,(H-,53,55,57,58)/p+1/b43-40+. The van der Waals surface area contributed by atoms with Crippen LogP contribution in [0.1, 0.15) is 258 Å². The molecule has 2 N–H and O–H groups in total. The van der Waals surface area contributed by atoms with Crippen molar-refractivity contribution in [2.24, 2.45) is 0 Å². The highest BCUT2D eigenvalue weighted by Gasteiger charge is 2.30. The van der Waals surface area contributed by atoms with Gasteiger partial charge in [0.1, 0.15) is 19.3 Å². The van der Waals surface area contributed by atoms with Gasteiger partial charge in [-0.2, -0.15) is 0 Å². The van der Waals surface area contributed by atoms with Crippen LogP contribution in [0.25, 0.3) is 0 Å². The van der Waals surface area contributed by atoms with Crippen molar-refractivity contribution < 1.29 is 37.3 Å². The second-order valence-electron chi connectivity index (χ2n) is 19.4. The van der Waals surface area contributed by atoms with Crippen LogP contribution in [0.3, 0.4) is 0 Å². The molecular weight excluding hydrogens is 796 g/mol. The summed E-state index contributed by atoms with van der Waals surface area (Å²) in [5.41, 5.74) is 0. The van der Waals surface area contributed by atoms with Crippen molar-refractivity contribution in [3.05, 3.63) is 12.2 Å². The van der Waals surface area contributed by atoms with Crippen LogP contribution in [0.4, 0.5) is 0 Å². The molecule has 0 aromatic rings. The van der Waals surface area contributed by atoms with Crippen LogP contribution in [0.5, 0.6) is 0 Å². The molecule has 1 amide bonds. The molecule has 62 heavy (non-hydrogen) atoms. The molecule has 0 aliphatic carbocycles. The maximum absolute atomic E-state index is 13.4. The Kier molecular flexibility index (Phi) is 42.8. The normalized spacial score (nSPS) is 14.0. The molecule has 3 atom stereocenters. The topological polar surface area (TPSA) is 111 Å². The van der Waals surface area contributed by atoms with Crippen LogP contribution in [0.2, 0.25) is 0 Å². The molecule has 0 aliphatic heterocycles. The number of quaternary nitrogens is 1. The molecule has 0 spiro atoms. The van der Waals surface area contributed by atoms with Gasteiger partial charge >= 0.3 is 13.8 Å². The van der Waals surface area contributed by atoms with E-state index >= 15 is 0 Å². The summed E-state index contributed by atoms with van der Waals surface area (Å²) in [6.45, 7) is 7.01. The number of phosphoric ester groups is 1. The van der Waals surface area contributed by atoms with Crippen LogP contribution in [-0.4, -0.2) is 74.3 Å². The third-order valence-electron chi connectivity index (χ3n) is 12.0. The number of esters is 1. The van der Waals surface area contributed by atoms with Gasteiger partial charge in [0.2, 0.25) is 5.91 Å². The number of rotatable bonds is 48. The van der Waals surface area contributed by atoms with Crippen molar-refractivity contribution in [3.63, 3.8) is 0 Å². The number of unbranched alkanes of at least 4 members (excludes halogenated alkanes) is 32. The fourth-order valence-corrected chi connectivity index (χ4v) is 8.56. The quantitative estimate of drug-likeness (QED) is 0.0206. The lowest BCUT2D eigenvalue weighted by molar-refractivity contribution is -0.870. The summed E-state index contributed by atoms with van der Waals surface area (Å²) in [4.78, 5) is 37.4. The third-order valence-corrected chi connectivity index (χ3v) is 13.0. The van der Waals surface area contributed by atoms with Crippen LogP contribution < -0.4 is 5.32 Å². The fourth-order valence-electron chi connectivity index (χ4n) is 7.82. The first-order valence-electron chi connectivity index (χ1n) is 26.5. The monoisotopic (exact) mass is 900 g/mol. The number of likely N-dealkylation sites (N-methyl/N-ethyl adjacent to an activating group) is 1. The Labute approximate surface area is 384 Å². The Morgan fingerprint density at radius 1 is 0.548 bits per heavy atom. The molecule has 0 heterocycles. The number of hydrogen-bond acceptors (Lipinski definition) is 6. The van der Waals surface area contributed by atoms with Crippen LogP contribution in [-0.2, 0) is 27.9 Å². The van der Waals surface area contributed by atoms with Gasteiger partial charge in [-0.15, -0.1) is 0 Å². The predicted octanol–water partition coefficient (Wildman–Crippen LogP) is 15.3. The highest BCUT2D eigenvalue weighted by Crippen LogP contribution is 2.43. The summed E-state index contributed by atoms with van der Waals surface area (Å²) in [7, 11) is 1.51. The van der Waals surface area contributed by atoms with E-state index in [1.165, 1.54) is 167 Å². The van der Waals surface area contributed by atoms with Crippen molar-refractivity contribution in [3.8, 4) is 0 Å². The van der Waals surface area contributed by atoms with Gasteiger partial charge in [-0.1, -0.05) is 226 Å². The van der Waals surface area contributed by atoms with Gasteiger partial charge in [0.25, 0.3) is 0 Å². The van der Waals surface area contributed by atoms with E-state index in [-0.39, 0.29) is 25.1 Å². The molecule has 368 valence electrons. The predicted molar refractivity (Wildman–Crippen MR) is 263 cm³/mol. The molecule has 0 aromatic carbocycles. The summed E-state index contributed by atoms with van der Waals surface area (Å²) >= 11 is 0. The second kappa shape index (κ2) is 43.6. The Morgan fingerprint density at radius 3 is 1.32 bits per heavy atom. The zero-order valence-corrected chi connectivity index (χ0v) is 42.8. The molecule has 0 rings (SSSR count). The van der Waals surface area contributed by atoms with E-state index in [0.717, 1.165) is 57.8 Å². The third kappa shape index (κ3) is 44.0. The molecule has 3 unspecified atom stereocenters. The molecule has 0 saturated carbocycles. The molecule has 0 radical (unpaired) electrons. The maximum Gasteiger partial charge on any atom is 0.472 e. The van der Waals surface area contributed by atoms with Crippen LogP contribution in [0, 0.1) is 0 Å². The minimum atomic E-state index is -4.43. The van der Waals surface area contributed by atoms with Gasteiger partial charge in [-0.25, -0.2) is 4.57 Å². The number of nitrogens with one attached hydrogen (secondary N) is 1. The molecule has 0 fully saturated rings. The van der Waals surface area contributed by atoms with E-state index in [1.807, 2.05) is 33.3 Å². The number of phosphoric acid groups is 1. The fraction of sp³-hybridized carbons (Fsp3) is 0.923. The number of allylic oxidation sites excluding steroid dienone is 1. The first kappa shape index (κ1) is 60.8. The zero-order chi connectivity index (χ0) is 45.8. The van der Waals surface area contributed by atoms with Gasteiger partial charge < -0.3 is 19.4 Å². The molecule has 0 saturated heterocycles. The Balaban J connectivity index is 5.40. The average molecular weight is 900 g/mol. The van der Waals surface area contributed by atoms with E-state index in [1.54, 1.807) is 0 Å². The Morgan fingerprint density at radius 2 is 0.919 bits per heavy atom. The Hall–Kier alpha value is -1.25. The van der Waals surface area contributed by atoms with E-state index in [4.69, 9.17) is 13.8 Å². The van der Waals surface area contributed by atoms with E-state index in [9.17, 15) is 19.0 Å². The van der Waals surface area contributed by atoms with E-state index in [2.05, 4.69) is 26.1 Å². The number of amides is 1.